The molecule has 1 aliphatic heterocycles. The highest BCUT2D eigenvalue weighted by Crippen LogP contribution is 2.35. The molecule has 5 heteroatoms. The van der Waals surface area contributed by atoms with Crippen LogP contribution in [0, 0.1) is 6.92 Å². The Kier molecular flexibility index (Phi) is 8.75. The van der Waals surface area contributed by atoms with E-state index in [1.807, 2.05) is 37.3 Å². The van der Waals surface area contributed by atoms with Gasteiger partial charge >= 0.3 is 0 Å². The van der Waals surface area contributed by atoms with Gasteiger partial charge in [-0.2, -0.15) is 0 Å². The summed E-state index contributed by atoms with van der Waals surface area (Å²) >= 11 is 0. The largest absolute Gasteiger partial charge is 0.385 e. The zero-order valence-electron chi connectivity index (χ0n) is 26.5. The molecule has 2 N–H and O–H groups in total. The van der Waals surface area contributed by atoms with E-state index in [1.165, 1.54) is 22.3 Å². The molecule has 0 saturated carbocycles. The molecule has 1 aliphatic rings. The Balaban J connectivity index is 1.34. The summed E-state index contributed by atoms with van der Waals surface area (Å²) in [5, 5.41) is 11.2. The Labute approximate surface area is 252 Å². The van der Waals surface area contributed by atoms with Crippen LogP contribution in [0.15, 0.2) is 78.9 Å². The number of nitrogens with one attached hydrogen (secondary N) is 1. The fourth-order valence-corrected chi connectivity index (χ4v) is 6.03. The van der Waals surface area contributed by atoms with Gasteiger partial charge < -0.3 is 10.1 Å². The lowest BCUT2D eigenvalue weighted by atomic mass is 9.82. The summed E-state index contributed by atoms with van der Waals surface area (Å²) < 4.78 is 0. The molecule has 2 heterocycles. The van der Waals surface area contributed by atoms with Crippen LogP contribution in [-0.4, -0.2) is 57.6 Å². The molecule has 1 atom stereocenters. The van der Waals surface area contributed by atoms with Gasteiger partial charge in [-0.1, -0.05) is 120 Å². The molecule has 222 valence electrons. The fourth-order valence-electron chi connectivity index (χ4n) is 6.03. The summed E-state index contributed by atoms with van der Waals surface area (Å²) in [6.45, 7) is 20.0. The molecule has 1 saturated heterocycles. The van der Waals surface area contributed by atoms with Crippen LogP contribution in [-0.2, 0) is 10.8 Å². The van der Waals surface area contributed by atoms with Crippen molar-refractivity contribution < 1.29 is 5.11 Å². The zero-order chi connectivity index (χ0) is 30.1. The van der Waals surface area contributed by atoms with Gasteiger partial charge in [0.05, 0.1) is 11.7 Å². The number of imidazole rings is 1. The van der Waals surface area contributed by atoms with Gasteiger partial charge in [0.25, 0.3) is 0 Å². The predicted octanol–water partition coefficient (Wildman–Crippen LogP) is 7.42. The Bertz CT molecular complexity index is 1410. The van der Waals surface area contributed by atoms with Crippen molar-refractivity contribution in [1.29, 1.82) is 0 Å². The third kappa shape index (κ3) is 6.86. The predicted molar refractivity (Wildman–Crippen MR) is 174 cm³/mol. The lowest BCUT2D eigenvalue weighted by molar-refractivity contribution is 0.0606. The van der Waals surface area contributed by atoms with Crippen LogP contribution in [0.4, 0.5) is 0 Å². The first-order valence-corrected chi connectivity index (χ1v) is 15.4. The number of rotatable bonds is 7. The van der Waals surface area contributed by atoms with E-state index >= 15 is 0 Å². The lowest BCUT2D eigenvalue weighted by Gasteiger charge is -2.40. The second-order valence-corrected chi connectivity index (χ2v) is 14.0. The van der Waals surface area contributed by atoms with Gasteiger partial charge in [-0.05, 0) is 40.0 Å². The summed E-state index contributed by atoms with van der Waals surface area (Å²) in [5.74, 6) is 0.810. The topological polar surface area (TPSA) is 55.4 Å². The third-order valence-corrected chi connectivity index (χ3v) is 8.63. The second-order valence-electron chi connectivity index (χ2n) is 14.0. The SMILES string of the molecule is Cc1[nH]c(-c2ccccc2)nc1C(O)CN1CCN(C(c2cccc(C(C)(C)C)c2)c2cccc(C(C)(C)C)c2)CC1. The molecule has 0 aliphatic carbocycles. The Morgan fingerprint density at radius 1 is 0.762 bits per heavy atom. The third-order valence-electron chi connectivity index (χ3n) is 8.63. The maximum atomic E-state index is 11.2. The van der Waals surface area contributed by atoms with E-state index in [0.717, 1.165) is 49.0 Å². The van der Waals surface area contributed by atoms with E-state index in [1.54, 1.807) is 0 Å². The summed E-state index contributed by atoms with van der Waals surface area (Å²) in [7, 11) is 0. The van der Waals surface area contributed by atoms with Gasteiger partial charge in [-0.15, -0.1) is 0 Å². The van der Waals surface area contributed by atoms with Crippen molar-refractivity contribution in [3.05, 3.63) is 113 Å². The van der Waals surface area contributed by atoms with Crippen LogP contribution in [0.25, 0.3) is 11.4 Å². The molecule has 0 radical (unpaired) electrons. The van der Waals surface area contributed by atoms with Gasteiger partial charge in [-0.25, -0.2) is 4.98 Å². The van der Waals surface area contributed by atoms with Crippen molar-refractivity contribution in [2.75, 3.05) is 32.7 Å². The highest BCUT2D eigenvalue weighted by Gasteiger charge is 2.30. The fraction of sp³-hybridized carbons (Fsp3) is 0.432. The second kappa shape index (κ2) is 12.2. The molecule has 5 rings (SSSR count). The van der Waals surface area contributed by atoms with E-state index in [4.69, 9.17) is 4.98 Å². The van der Waals surface area contributed by atoms with Gasteiger partial charge in [0.15, 0.2) is 0 Å². The molecule has 0 bridgehead atoms. The molecule has 0 spiro atoms. The molecule has 0 amide bonds. The number of H-pyrrole nitrogens is 1. The van der Waals surface area contributed by atoms with Gasteiger partial charge in [0.2, 0.25) is 0 Å². The van der Waals surface area contributed by atoms with Crippen molar-refractivity contribution in [2.24, 2.45) is 0 Å². The van der Waals surface area contributed by atoms with E-state index < -0.39 is 6.10 Å². The normalized spacial score (nSPS) is 16.2. The monoisotopic (exact) mass is 564 g/mol. The number of nitrogens with zero attached hydrogens (tertiary/aromatic N) is 3. The maximum Gasteiger partial charge on any atom is 0.137 e. The number of aryl methyl sites for hydroxylation is 1. The first-order valence-electron chi connectivity index (χ1n) is 15.4. The van der Waals surface area contributed by atoms with Crippen LogP contribution in [0.3, 0.4) is 0 Å². The first kappa shape index (κ1) is 30.2. The van der Waals surface area contributed by atoms with E-state index in [9.17, 15) is 5.11 Å². The number of hydrogen-bond acceptors (Lipinski definition) is 4. The summed E-state index contributed by atoms with van der Waals surface area (Å²) in [5.41, 5.74) is 8.31. The minimum Gasteiger partial charge on any atom is -0.385 e. The highest BCUT2D eigenvalue weighted by molar-refractivity contribution is 5.55. The maximum absolute atomic E-state index is 11.2. The smallest absolute Gasteiger partial charge is 0.137 e. The first-order chi connectivity index (χ1) is 19.9. The number of benzene rings is 3. The van der Waals surface area contributed by atoms with Crippen molar-refractivity contribution in [2.45, 2.75) is 71.4 Å². The molecule has 1 fully saturated rings. The Hall–Kier alpha value is -3.25. The average molecular weight is 565 g/mol. The number of aliphatic hydroxyl groups excluding tert-OH is 1. The Morgan fingerprint density at radius 3 is 1.83 bits per heavy atom. The number of piperazine rings is 1. The van der Waals surface area contributed by atoms with Gasteiger partial charge in [-0.3, -0.25) is 9.80 Å². The summed E-state index contributed by atoms with van der Waals surface area (Å²) in [6.07, 6.45) is -0.631. The van der Waals surface area contributed by atoms with Gasteiger partial charge in [0, 0.05) is 44.0 Å². The number of aliphatic hydroxyl groups is 1. The van der Waals surface area contributed by atoms with Crippen molar-refractivity contribution >= 4 is 0 Å². The molecule has 1 unspecified atom stereocenters. The number of aromatic nitrogens is 2. The van der Waals surface area contributed by atoms with Crippen molar-refractivity contribution in [3.63, 3.8) is 0 Å². The van der Waals surface area contributed by atoms with E-state index in [2.05, 4.69) is 105 Å². The minimum absolute atomic E-state index is 0.0907. The standard InChI is InChI=1S/C37H48N4O/c1-26-33(39-35(38-26)27-13-9-8-10-14-27)32(42)25-40-19-21-41(22-20-40)34(28-15-11-17-30(23-28)36(2,3)4)29-16-12-18-31(24-29)37(5,6)7/h8-18,23-24,32,34,42H,19-22,25H2,1-7H3,(H,38,39). The highest BCUT2D eigenvalue weighted by atomic mass is 16.3. The molecule has 3 aromatic carbocycles. The molecule has 1 aromatic heterocycles. The van der Waals surface area contributed by atoms with Crippen LogP contribution in [0.2, 0.25) is 0 Å². The Morgan fingerprint density at radius 2 is 1.31 bits per heavy atom. The molecule has 5 nitrogen and oxygen atoms in total. The van der Waals surface area contributed by atoms with Crippen LogP contribution in [0.5, 0.6) is 0 Å². The van der Waals surface area contributed by atoms with E-state index in [0.29, 0.717) is 6.54 Å². The molecular weight excluding hydrogens is 516 g/mol. The van der Waals surface area contributed by atoms with Crippen LogP contribution in [0.1, 0.15) is 87.3 Å². The lowest BCUT2D eigenvalue weighted by Crippen LogP contribution is -2.48. The molecule has 4 aromatic rings. The summed E-state index contributed by atoms with van der Waals surface area (Å²) in [4.78, 5) is 13.2. The van der Waals surface area contributed by atoms with Gasteiger partial charge in [0.1, 0.15) is 11.9 Å². The minimum atomic E-state index is -0.631. The van der Waals surface area contributed by atoms with E-state index in [-0.39, 0.29) is 16.9 Å². The molecular formula is C37H48N4O. The number of β-amino-alcohol motifs (C(OH)–C–C–N with tert-alkyl or cyclic N) is 1. The number of aromatic amines is 1. The van der Waals surface area contributed by atoms with Crippen LogP contribution < -0.4 is 0 Å². The molecule has 42 heavy (non-hydrogen) atoms. The quantitative estimate of drug-likeness (QED) is 0.245. The van der Waals surface area contributed by atoms with Crippen LogP contribution >= 0.6 is 0 Å². The zero-order valence-corrected chi connectivity index (χ0v) is 26.5. The van der Waals surface area contributed by atoms with Crippen molar-refractivity contribution in [1.82, 2.24) is 19.8 Å². The average Bonchev–Trinajstić information content (AvgIpc) is 3.36. The summed E-state index contributed by atoms with van der Waals surface area (Å²) in [6, 6.07) is 28.7. The van der Waals surface area contributed by atoms with Crippen molar-refractivity contribution in [3.8, 4) is 11.4 Å². The number of hydrogen-bond donors (Lipinski definition) is 2.